The molecule has 4 rings (SSSR count). The van der Waals surface area contributed by atoms with Crippen molar-refractivity contribution in [3.05, 3.63) is 47.1 Å². The lowest BCUT2D eigenvalue weighted by Crippen LogP contribution is -2.42. The first kappa shape index (κ1) is 18.6. The Labute approximate surface area is 165 Å². The molecule has 0 aliphatic carbocycles. The molecule has 5 heteroatoms. The first-order valence-corrected chi connectivity index (χ1v) is 10.3. The maximum Gasteiger partial charge on any atom is 0.223 e. The van der Waals surface area contributed by atoms with E-state index in [0.29, 0.717) is 18.9 Å². The molecule has 0 spiro atoms. The van der Waals surface area contributed by atoms with E-state index in [1.165, 1.54) is 0 Å². The zero-order chi connectivity index (χ0) is 19.0. The number of hydrogen-bond acceptors (Lipinski definition) is 2. The Hall–Kier alpha value is -1.78. The maximum atomic E-state index is 12.9. The first-order valence-electron chi connectivity index (χ1n) is 9.92. The van der Waals surface area contributed by atoms with Crippen LogP contribution in [0, 0.1) is 5.41 Å². The van der Waals surface area contributed by atoms with Crippen molar-refractivity contribution in [1.82, 2.24) is 9.88 Å². The molecule has 2 aromatic rings. The number of aromatic amines is 1. The number of benzene rings is 1. The molecule has 1 aromatic carbocycles. The summed E-state index contributed by atoms with van der Waals surface area (Å²) in [7, 11) is 0. The van der Waals surface area contributed by atoms with Gasteiger partial charge in [-0.05, 0) is 61.9 Å². The van der Waals surface area contributed by atoms with Crippen LogP contribution in [0.4, 0.5) is 0 Å². The molecule has 2 aliphatic heterocycles. The summed E-state index contributed by atoms with van der Waals surface area (Å²) in [5.74, 6) is 0.230. The number of rotatable bonds is 6. The van der Waals surface area contributed by atoms with Crippen LogP contribution in [-0.2, 0) is 11.2 Å². The van der Waals surface area contributed by atoms with Crippen LogP contribution in [0.15, 0.2) is 36.4 Å². The van der Waals surface area contributed by atoms with Crippen molar-refractivity contribution in [2.24, 2.45) is 5.41 Å². The summed E-state index contributed by atoms with van der Waals surface area (Å²) in [5.41, 5.74) is 3.13. The number of aromatic nitrogens is 1. The van der Waals surface area contributed by atoms with E-state index >= 15 is 0 Å². The van der Waals surface area contributed by atoms with Crippen molar-refractivity contribution >= 4 is 17.5 Å². The van der Waals surface area contributed by atoms with Gasteiger partial charge in [0.1, 0.15) is 0 Å². The molecule has 2 bridgehead atoms. The standard InChI is InChI=1S/C22H27ClN2O2/c1-2-22(14-26)13-18-9-11-20(22)25(18)21(27)12-8-17-7-10-19(24-17)15-3-5-16(23)6-4-15/h3-7,10,18,20,24,26H,2,8-9,11-14H2,1H3/t18-,20+,22-/m0/s1. The lowest BCUT2D eigenvalue weighted by molar-refractivity contribution is -0.133. The molecule has 3 atom stereocenters. The Morgan fingerprint density at radius 1 is 1.26 bits per heavy atom. The summed E-state index contributed by atoms with van der Waals surface area (Å²) in [6, 6.07) is 12.4. The lowest BCUT2D eigenvalue weighted by Gasteiger charge is -2.34. The molecule has 2 saturated heterocycles. The summed E-state index contributed by atoms with van der Waals surface area (Å²) in [6.07, 6.45) is 5.24. The summed E-state index contributed by atoms with van der Waals surface area (Å²) < 4.78 is 0. The van der Waals surface area contributed by atoms with Crippen molar-refractivity contribution in [3.8, 4) is 11.3 Å². The third-order valence-electron chi connectivity index (χ3n) is 6.67. The van der Waals surface area contributed by atoms with E-state index < -0.39 is 0 Å². The van der Waals surface area contributed by atoms with Crippen LogP contribution in [0.5, 0.6) is 0 Å². The zero-order valence-electron chi connectivity index (χ0n) is 15.7. The minimum atomic E-state index is -0.0766. The highest BCUT2D eigenvalue weighted by Crippen LogP contribution is 2.51. The molecule has 2 fully saturated rings. The van der Waals surface area contributed by atoms with E-state index in [2.05, 4.69) is 28.9 Å². The second kappa shape index (κ2) is 7.33. The van der Waals surface area contributed by atoms with E-state index in [4.69, 9.17) is 11.6 Å². The number of amides is 1. The van der Waals surface area contributed by atoms with Crippen LogP contribution in [0.1, 0.15) is 44.7 Å². The number of carbonyl (C=O) groups excluding carboxylic acids is 1. The third kappa shape index (κ3) is 3.30. The Kier molecular flexibility index (Phi) is 5.04. The molecule has 27 heavy (non-hydrogen) atoms. The SMILES string of the molecule is CC[C@@]1(CO)C[C@@H]2CC[C@H]1N2C(=O)CCc1ccc(-c2ccc(Cl)cc2)[nH]1. The molecule has 144 valence electrons. The molecule has 0 radical (unpaired) electrons. The van der Waals surface area contributed by atoms with Crippen molar-refractivity contribution in [3.63, 3.8) is 0 Å². The van der Waals surface area contributed by atoms with Gasteiger partial charge < -0.3 is 15.0 Å². The zero-order valence-corrected chi connectivity index (χ0v) is 16.5. The molecule has 1 aromatic heterocycles. The van der Waals surface area contributed by atoms with E-state index in [-0.39, 0.29) is 24.0 Å². The van der Waals surface area contributed by atoms with E-state index in [0.717, 1.165) is 47.7 Å². The van der Waals surface area contributed by atoms with Gasteiger partial charge in [-0.25, -0.2) is 0 Å². The smallest absolute Gasteiger partial charge is 0.223 e. The van der Waals surface area contributed by atoms with Crippen LogP contribution in [-0.4, -0.2) is 39.6 Å². The van der Waals surface area contributed by atoms with Gasteiger partial charge in [-0.15, -0.1) is 0 Å². The predicted molar refractivity (Wildman–Crippen MR) is 108 cm³/mol. The predicted octanol–water partition coefficient (Wildman–Crippen LogP) is 4.42. The second-order valence-electron chi connectivity index (χ2n) is 8.03. The minimum absolute atomic E-state index is 0.0766. The number of fused-ring (bicyclic) bond motifs is 2. The number of halogens is 1. The number of H-pyrrole nitrogens is 1. The summed E-state index contributed by atoms with van der Waals surface area (Å²) >= 11 is 5.95. The average molecular weight is 387 g/mol. The Morgan fingerprint density at radius 3 is 2.70 bits per heavy atom. The van der Waals surface area contributed by atoms with Gasteiger partial charge in [0.2, 0.25) is 5.91 Å². The number of hydrogen-bond donors (Lipinski definition) is 2. The Morgan fingerprint density at radius 2 is 2.04 bits per heavy atom. The molecule has 0 saturated carbocycles. The highest BCUT2D eigenvalue weighted by Gasteiger charge is 2.55. The van der Waals surface area contributed by atoms with Crippen LogP contribution < -0.4 is 0 Å². The highest BCUT2D eigenvalue weighted by atomic mass is 35.5. The van der Waals surface area contributed by atoms with Gasteiger partial charge in [0.05, 0.1) is 6.61 Å². The van der Waals surface area contributed by atoms with E-state index in [1.807, 2.05) is 24.3 Å². The van der Waals surface area contributed by atoms with Crippen molar-refractivity contribution in [2.75, 3.05) is 6.61 Å². The van der Waals surface area contributed by atoms with Crippen molar-refractivity contribution in [2.45, 2.75) is 57.5 Å². The topological polar surface area (TPSA) is 56.3 Å². The quantitative estimate of drug-likeness (QED) is 0.772. The van der Waals surface area contributed by atoms with E-state index in [9.17, 15) is 9.90 Å². The number of nitrogens with one attached hydrogen (secondary N) is 1. The monoisotopic (exact) mass is 386 g/mol. The number of aliphatic hydroxyl groups excluding tert-OH is 1. The van der Waals surface area contributed by atoms with Crippen LogP contribution in [0.3, 0.4) is 0 Å². The lowest BCUT2D eigenvalue weighted by atomic mass is 9.72. The fourth-order valence-electron chi connectivity index (χ4n) is 5.08. The van der Waals surface area contributed by atoms with Crippen molar-refractivity contribution in [1.29, 1.82) is 0 Å². The molecule has 4 nitrogen and oxygen atoms in total. The largest absolute Gasteiger partial charge is 0.396 e. The maximum absolute atomic E-state index is 12.9. The molecule has 2 aliphatic rings. The third-order valence-corrected chi connectivity index (χ3v) is 6.92. The van der Waals surface area contributed by atoms with Crippen molar-refractivity contribution < 1.29 is 9.90 Å². The highest BCUT2D eigenvalue weighted by molar-refractivity contribution is 6.30. The fraction of sp³-hybridized carbons (Fsp3) is 0.500. The molecule has 2 N–H and O–H groups in total. The minimum Gasteiger partial charge on any atom is -0.396 e. The van der Waals surface area contributed by atoms with Gasteiger partial charge in [-0.1, -0.05) is 30.7 Å². The van der Waals surface area contributed by atoms with E-state index in [1.54, 1.807) is 0 Å². The fourth-order valence-corrected chi connectivity index (χ4v) is 5.21. The molecule has 3 heterocycles. The van der Waals surface area contributed by atoms with Gasteiger partial charge >= 0.3 is 0 Å². The normalized spacial score (nSPS) is 26.7. The molecular formula is C22H27ClN2O2. The van der Waals surface area contributed by atoms with Crippen LogP contribution in [0.25, 0.3) is 11.3 Å². The van der Waals surface area contributed by atoms with Gasteiger partial charge in [-0.3, -0.25) is 4.79 Å². The van der Waals surface area contributed by atoms with Gasteiger partial charge in [-0.2, -0.15) is 0 Å². The van der Waals surface area contributed by atoms with Gasteiger partial charge in [0.25, 0.3) is 0 Å². The Balaban J connectivity index is 1.40. The second-order valence-corrected chi connectivity index (χ2v) is 8.47. The molecular weight excluding hydrogens is 360 g/mol. The summed E-state index contributed by atoms with van der Waals surface area (Å²) in [5, 5.41) is 10.6. The first-order chi connectivity index (χ1) is 13.1. The Bertz CT molecular complexity index is 810. The number of carbonyl (C=O) groups is 1. The van der Waals surface area contributed by atoms with Gasteiger partial charge in [0, 0.05) is 40.3 Å². The molecule has 0 unspecified atom stereocenters. The summed E-state index contributed by atoms with van der Waals surface area (Å²) in [4.78, 5) is 18.4. The number of aliphatic hydroxyl groups is 1. The number of nitrogens with zero attached hydrogens (tertiary/aromatic N) is 1. The molecule has 1 amide bonds. The summed E-state index contributed by atoms with van der Waals surface area (Å²) in [6.45, 7) is 2.33. The van der Waals surface area contributed by atoms with Gasteiger partial charge in [0.15, 0.2) is 0 Å². The number of aryl methyl sites for hydroxylation is 1. The van der Waals surface area contributed by atoms with Crippen LogP contribution in [0.2, 0.25) is 5.02 Å². The average Bonchev–Trinajstić information content (AvgIpc) is 3.40. The van der Waals surface area contributed by atoms with Crippen LogP contribution >= 0.6 is 11.6 Å².